The van der Waals surface area contributed by atoms with Gasteiger partial charge in [-0.3, -0.25) is 14.9 Å². The van der Waals surface area contributed by atoms with E-state index in [4.69, 9.17) is 16.0 Å². The Kier molecular flexibility index (Phi) is 3.78. The van der Waals surface area contributed by atoms with E-state index < -0.39 is 10.5 Å². The average molecular weight is 338 g/mol. The molecule has 9 heteroatoms. The molecule has 3 rings (SSSR count). The van der Waals surface area contributed by atoms with Gasteiger partial charge in [0.25, 0.3) is 11.2 Å². The largest absolute Gasteiger partial charge is 0.462 e. The minimum atomic E-state index is -0.600. The summed E-state index contributed by atoms with van der Waals surface area (Å²) in [7, 11) is 0. The molecular formula is C13H8ClN3O4S. The minimum Gasteiger partial charge on any atom is -0.462 e. The number of aromatic nitrogens is 2. The SMILES string of the molecule is O=c1c(Cl)cc([N+](=O)[O-])cn1Cc1csc(-c2ccco2)n1. The van der Waals surface area contributed by atoms with E-state index in [-0.39, 0.29) is 17.3 Å². The van der Waals surface area contributed by atoms with Gasteiger partial charge in [-0.05, 0) is 12.1 Å². The Morgan fingerprint density at radius 1 is 1.50 bits per heavy atom. The number of hydrogen-bond acceptors (Lipinski definition) is 6. The second-order valence-corrected chi connectivity index (χ2v) is 5.62. The first kappa shape index (κ1) is 14.5. The van der Waals surface area contributed by atoms with Gasteiger partial charge in [0.2, 0.25) is 0 Å². The quantitative estimate of drug-likeness (QED) is 0.538. The van der Waals surface area contributed by atoms with E-state index in [0.717, 1.165) is 12.3 Å². The van der Waals surface area contributed by atoms with E-state index >= 15 is 0 Å². The molecule has 0 aliphatic carbocycles. The van der Waals surface area contributed by atoms with Gasteiger partial charge in [-0.15, -0.1) is 11.3 Å². The van der Waals surface area contributed by atoms with Crippen LogP contribution in [0.4, 0.5) is 5.69 Å². The summed E-state index contributed by atoms with van der Waals surface area (Å²) in [4.78, 5) is 26.5. The fourth-order valence-corrected chi connectivity index (χ4v) is 2.87. The van der Waals surface area contributed by atoms with Gasteiger partial charge in [0.1, 0.15) is 5.02 Å². The Balaban J connectivity index is 1.93. The first-order valence-corrected chi connectivity index (χ1v) is 7.33. The molecule has 0 aromatic carbocycles. The van der Waals surface area contributed by atoms with Gasteiger partial charge in [0, 0.05) is 11.4 Å². The van der Waals surface area contributed by atoms with Crippen molar-refractivity contribution in [2.45, 2.75) is 6.54 Å². The summed E-state index contributed by atoms with van der Waals surface area (Å²) in [5, 5.41) is 13.1. The van der Waals surface area contributed by atoms with Gasteiger partial charge < -0.3 is 8.98 Å². The second kappa shape index (κ2) is 5.74. The van der Waals surface area contributed by atoms with Crippen LogP contribution in [0.15, 0.2) is 45.3 Å². The molecule has 0 amide bonds. The zero-order valence-electron chi connectivity index (χ0n) is 10.9. The predicted molar refractivity (Wildman–Crippen MR) is 81.3 cm³/mol. The van der Waals surface area contributed by atoms with Crippen LogP contribution in [-0.4, -0.2) is 14.5 Å². The highest BCUT2D eigenvalue weighted by atomic mass is 35.5. The van der Waals surface area contributed by atoms with E-state index in [2.05, 4.69) is 4.98 Å². The molecule has 3 heterocycles. The van der Waals surface area contributed by atoms with Crippen LogP contribution in [-0.2, 0) is 6.54 Å². The first-order valence-electron chi connectivity index (χ1n) is 6.07. The third kappa shape index (κ3) is 2.78. The van der Waals surface area contributed by atoms with Crippen LogP contribution in [0.3, 0.4) is 0 Å². The first-order chi connectivity index (χ1) is 10.5. The van der Waals surface area contributed by atoms with Crippen LogP contribution in [0.2, 0.25) is 5.02 Å². The number of rotatable bonds is 4. The van der Waals surface area contributed by atoms with Crippen molar-refractivity contribution >= 4 is 28.6 Å². The summed E-state index contributed by atoms with van der Waals surface area (Å²) in [5.41, 5.74) is -0.152. The fourth-order valence-electron chi connectivity index (χ4n) is 1.87. The summed E-state index contributed by atoms with van der Waals surface area (Å²) >= 11 is 7.11. The van der Waals surface area contributed by atoms with Gasteiger partial charge in [0.15, 0.2) is 10.8 Å². The van der Waals surface area contributed by atoms with Crippen molar-refractivity contribution in [2.24, 2.45) is 0 Å². The molecule has 0 radical (unpaired) electrons. The highest BCUT2D eigenvalue weighted by Crippen LogP contribution is 2.24. The van der Waals surface area contributed by atoms with Crippen LogP contribution in [0.1, 0.15) is 5.69 Å². The monoisotopic (exact) mass is 337 g/mol. The molecule has 112 valence electrons. The number of nitro groups is 1. The summed E-state index contributed by atoms with van der Waals surface area (Å²) in [6.07, 6.45) is 2.70. The van der Waals surface area contributed by atoms with Crippen molar-refractivity contribution < 1.29 is 9.34 Å². The van der Waals surface area contributed by atoms with Crippen molar-refractivity contribution in [3.05, 3.63) is 67.2 Å². The summed E-state index contributed by atoms with van der Waals surface area (Å²) in [5.74, 6) is 0.626. The maximum atomic E-state index is 11.9. The lowest BCUT2D eigenvalue weighted by Gasteiger charge is -2.03. The predicted octanol–water partition coefficient (Wildman–Crippen LogP) is 3.17. The number of hydrogen-bond donors (Lipinski definition) is 0. The van der Waals surface area contributed by atoms with Crippen LogP contribution >= 0.6 is 22.9 Å². The summed E-state index contributed by atoms with van der Waals surface area (Å²) in [6, 6.07) is 4.57. The molecule has 0 atom stereocenters. The van der Waals surface area contributed by atoms with E-state index in [1.807, 2.05) is 0 Å². The highest BCUT2D eigenvalue weighted by molar-refractivity contribution is 7.13. The number of thiazole rings is 1. The Morgan fingerprint density at radius 3 is 3.00 bits per heavy atom. The number of nitrogens with zero attached hydrogens (tertiary/aromatic N) is 3. The summed E-state index contributed by atoms with van der Waals surface area (Å²) < 4.78 is 6.41. The van der Waals surface area contributed by atoms with Crippen molar-refractivity contribution in [3.63, 3.8) is 0 Å². The molecular weight excluding hydrogens is 330 g/mol. The van der Waals surface area contributed by atoms with Crippen LogP contribution in [0, 0.1) is 10.1 Å². The third-order valence-corrected chi connectivity index (χ3v) is 4.03. The molecule has 3 aromatic heterocycles. The standard InChI is InChI=1S/C13H8ClN3O4S/c14-10-4-9(17(19)20)6-16(13(10)18)5-8-7-22-12(15-8)11-2-1-3-21-11/h1-4,6-7H,5H2. The zero-order chi connectivity index (χ0) is 15.7. The topological polar surface area (TPSA) is 91.2 Å². The molecule has 0 N–H and O–H groups in total. The molecule has 0 saturated carbocycles. The lowest BCUT2D eigenvalue weighted by molar-refractivity contribution is -0.385. The molecule has 3 aromatic rings. The van der Waals surface area contributed by atoms with Crippen molar-refractivity contribution in [3.8, 4) is 10.8 Å². The van der Waals surface area contributed by atoms with E-state index in [9.17, 15) is 14.9 Å². The maximum absolute atomic E-state index is 11.9. The van der Waals surface area contributed by atoms with Gasteiger partial charge in [-0.1, -0.05) is 11.6 Å². The van der Waals surface area contributed by atoms with E-state index in [0.29, 0.717) is 16.5 Å². The zero-order valence-corrected chi connectivity index (χ0v) is 12.5. The Labute approximate surface area is 132 Å². The maximum Gasteiger partial charge on any atom is 0.287 e. The van der Waals surface area contributed by atoms with E-state index in [1.54, 1.807) is 23.8 Å². The minimum absolute atomic E-state index is 0.0947. The molecule has 0 fully saturated rings. The highest BCUT2D eigenvalue weighted by Gasteiger charge is 2.14. The molecule has 0 aliphatic rings. The molecule has 0 aliphatic heterocycles. The molecule has 0 unspecified atom stereocenters. The Hall–Kier alpha value is -2.45. The van der Waals surface area contributed by atoms with E-state index in [1.165, 1.54) is 15.9 Å². The average Bonchev–Trinajstić information content (AvgIpc) is 3.14. The fraction of sp³-hybridized carbons (Fsp3) is 0.0769. The summed E-state index contributed by atoms with van der Waals surface area (Å²) in [6.45, 7) is 0.0947. The van der Waals surface area contributed by atoms with Crippen molar-refractivity contribution in [1.82, 2.24) is 9.55 Å². The smallest absolute Gasteiger partial charge is 0.287 e. The third-order valence-electron chi connectivity index (χ3n) is 2.85. The molecule has 7 nitrogen and oxygen atoms in total. The molecule has 0 bridgehead atoms. The number of pyridine rings is 1. The number of halogens is 1. The lowest BCUT2D eigenvalue weighted by atomic mass is 10.4. The van der Waals surface area contributed by atoms with Gasteiger partial charge in [-0.2, -0.15) is 0 Å². The van der Waals surface area contributed by atoms with Crippen molar-refractivity contribution in [1.29, 1.82) is 0 Å². The second-order valence-electron chi connectivity index (χ2n) is 4.36. The van der Waals surface area contributed by atoms with Crippen LogP contribution < -0.4 is 5.56 Å². The van der Waals surface area contributed by atoms with Gasteiger partial charge in [-0.25, -0.2) is 4.98 Å². The number of furan rings is 1. The van der Waals surface area contributed by atoms with Gasteiger partial charge in [0.05, 0.1) is 29.6 Å². The van der Waals surface area contributed by atoms with Crippen LogP contribution in [0.5, 0.6) is 0 Å². The van der Waals surface area contributed by atoms with Crippen molar-refractivity contribution in [2.75, 3.05) is 0 Å². The lowest BCUT2D eigenvalue weighted by Crippen LogP contribution is -2.21. The molecule has 0 saturated heterocycles. The van der Waals surface area contributed by atoms with Crippen LogP contribution in [0.25, 0.3) is 10.8 Å². The molecule has 22 heavy (non-hydrogen) atoms. The Morgan fingerprint density at radius 2 is 2.32 bits per heavy atom. The molecule has 0 spiro atoms. The van der Waals surface area contributed by atoms with Gasteiger partial charge >= 0.3 is 0 Å². The Bertz CT molecular complexity index is 885. The normalized spacial score (nSPS) is 10.8.